The van der Waals surface area contributed by atoms with Crippen LogP contribution in [0.3, 0.4) is 0 Å². The summed E-state index contributed by atoms with van der Waals surface area (Å²) < 4.78 is 6.04. The molecule has 0 aromatic heterocycles. The van der Waals surface area contributed by atoms with E-state index in [1.165, 1.54) is 11.1 Å². The Labute approximate surface area is 130 Å². The Bertz CT molecular complexity index is 568. The van der Waals surface area contributed by atoms with Gasteiger partial charge in [0.2, 0.25) is 0 Å². The summed E-state index contributed by atoms with van der Waals surface area (Å²) >= 11 is 1.89. The molecule has 110 valence electrons. The minimum atomic E-state index is 0.211. The average molecular weight is 299 g/mol. The lowest BCUT2D eigenvalue weighted by Gasteiger charge is -2.31. The van der Waals surface area contributed by atoms with Gasteiger partial charge in [-0.15, -0.1) is 0 Å². The maximum Gasteiger partial charge on any atom is 0.132 e. The first-order chi connectivity index (χ1) is 10.3. The van der Waals surface area contributed by atoms with Crippen LogP contribution in [0.25, 0.3) is 0 Å². The predicted molar refractivity (Wildman–Crippen MR) is 90.4 cm³/mol. The van der Waals surface area contributed by atoms with E-state index >= 15 is 0 Å². The lowest BCUT2D eigenvalue weighted by atomic mass is 9.94. The molecule has 2 nitrogen and oxygen atoms in total. The van der Waals surface area contributed by atoms with Crippen LogP contribution in [0, 0.1) is 0 Å². The number of fused-ring (bicyclic) bond motifs is 2. The van der Waals surface area contributed by atoms with Crippen molar-refractivity contribution in [3.05, 3.63) is 59.7 Å². The molecule has 2 aromatic rings. The van der Waals surface area contributed by atoms with Crippen LogP contribution in [0.1, 0.15) is 30.5 Å². The molecule has 1 N–H and O–H groups in total. The number of hydrogen-bond acceptors (Lipinski definition) is 3. The molecule has 1 atom stereocenters. The average Bonchev–Trinajstić information content (AvgIpc) is 2.53. The SMILES string of the molecule is CCC(CSC)NC1c2ccccc2Oc2ccccc21. The fraction of sp³-hybridized carbons (Fsp3) is 0.333. The number of ether oxygens (including phenoxy) is 1. The van der Waals surface area contributed by atoms with Crippen LogP contribution in [0.2, 0.25) is 0 Å². The van der Waals surface area contributed by atoms with Crippen molar-refractivity contribution in [1.82, 2.24) is 5.32 Å². The van der Waals surface area contributed by atoms with Crippen molar-refractivity contribution in [2.24, 2.45) is 0 Å². The molecule has 1 unspecified atom stereocenters. The predicted octanol–water partition coefficient (Wildman–Crippen LogP) is 4.61. The third-order valence-electron chi connectivity index (χ3n) is 3.94. The van der Waals surface area contributed by atoms with Gasteiger partial charge in [-0.3, -0.25) is 0 Å². The lowest BCUT2D eigenvalue weighted by Crippen LogP contribution is -2.36. The normalized spacial score (nSPS) is 15.0. The molecule has 3 heteroatoms. The van der Waals surface area contributed by atoms with Crippen LogP contribution in [-0.4, -0.2) is 18.1 Å². The number of thioether (sulfide) groups is 1. The van der Waals surface area contributed by atoms with E-state index in [-0.39, 0.29) is 6.04 Å². The molecule has 1 heterocycles. The van der Waals surface area contributed by atoms with E-state index in [1.54, 1.807) is 0 Å². The van der Waals surface area contributed by atoms with E-state index in [0.29, 0.717) is 6.04 Å². The van der Waals surface area contributed by atoms with Gasteiger partial charge in [0, 0.05) is 22.9 Å². The number of para-hydroxylation sites is 2. The van der Waals surface area contributed by atoms with Crippen LogP contribution >= 0.6 is 11.8 Å². The van der Waals surface area contributed by atoms with Crippen molar-refractivity contribution < 1.29 is 4.74 Å². The van der Waals surface area contributed by atoms with Crippen molar-refractivity contribution in [2.45, 2.75) is 25.4 Å². The monoisotopic (exact) mass is 299 g/mol. The summed E-state index contributed by atoms with van der Waals surface area (Å²) in [5, 5.41) is 3.82. The van der Waals surface area contributed by atoms with Crippen LogP contribution in [0.15, 0.2) is 48.5 Å². The third kappa shape index (κ3) is 2.94. The van der Waals surface area contributed by atoms with E-state index in [2.05, 4.69) is 54.9 Å². The van der Waals surface area contributed by atoms with Gasteiger partial charge >= 0.3 is 0 Å². The van der Waals surface area contributed by atoms with Crippen molar-refractivity contribution in [3.8, 4) is 11.5 Å². The van der Waals surface area contributed by atoms with E-state index in [0.717, 1.165) is 23.7 Å². The number of nitrogens with one attached hydrogen (secondary N) is 1. The van der Waals surface area contributed by atoms with Crippen LogP contribution in [0.4, 0.5) is 0 Å². The summed E-state index contributed by atoms with van der Waals surface area (Å²) in [6.07, 6.45) is 3.29. The molecule has 3 rings (SSSR count). The second-order valence-corrected chi connectivity index (χ2v) is 6.25. The van der Waals surface area contributed by atoms with E-state index in [9.17, 15) is 0 Å². The minimum absolute atomic E-state index is 0.211. The zero-order chi connectivity index (χ0) is 14.7. The van der Waals surface area contributed by atoms with Crippen LogP contribution in [-0.2, 0) is 0 Å². The Kier molecular flexibility index (Phi) is 4.51. The summed E-state index contributed by atoms with van der Waals surface area (Å²) in [6.45, 7) is 2.24. The molecule has 2 aromatic carbocycles. The van der Waals surface area contributed by atoms with E-state index in [1.807, 2.05) is 23.9 Å². The summed E-state index contributed by atoms with van der Waals surface area (Å²) in [5.41, 5.74) is 2.46. The molecule has 0 saturated carbocycles. The zero-order valence-corrected chi connectivity index (χ0v) is 13.3. The standard InChI is InChI=1S/C18H21NOS/c1-3-13(12-21-2)19-18-14-8-4-6-10-16(14)20-17-11-7-5-9-15(17)18/h4-11,13,18-19H,3,12H2,1-2H3. The molecule has 1 aliphatic rings. The third-order valence-corrected chi connectivity index (χ3v) is 4.68. The van der Waals surface area contributed by atoms with Gasteiger partial charge in [-0.1, -0.05) is 43.3 Å². The Morgan fingerprint density at radius 3 is 2.14 bits per heavy atom. The molecular formula is C18H21NOS. The molecule has 21 heavy (non-hydrogen) atoms. The van der Waals surface area contributed by atoms with Gasteiger partial charge in [0.15, 0.2) is 0 Å². The van der Waals surface area contributed by atoms with Crippen molar-refractivity contribution in [3.63, 3.8) is 0 Å². The molecule has 0 spiro atoms. The minimum Gasteiger partial charge on any atom is -0.457 e. The summed E-state index contributed by atoms with van der Waals surface area (Å²) in [7, 11) is 0. The van der Waals surface area contributed by atoms with Gasteiger partial charge in [0.25, 0.3) is 0 Å². The highest BCUT2D eigenvalue weighted by atomic mass is 32.2. The number of hydrogen-bond donors (Lipinski definition) is 1. The highest BCUT2D eigenvalue weighted by Gasteiger charge is 2.27. The molecule has 0 bridgehead atoms. The molecule has 0 fully saturated rings. The van der Waals surface area contributed by atoms with Gasteiger partial charge < -0.3 is 10.1 Å². The maximum atomic E-state index is 6.04. The molecule has 1 aliphatic heterocycles. The number of rotatable bonds is 5. The first-order valence-corrected chi connectivity index (χ1v) is 8.83. The first kappa shape index (κ1) is 14.5. The zero-order valence-electron chi connectivity index (χ0n) is 12.5. The van der Waals surface area contributed by atoms with E-state index in [4.69, 9.17) is 4.74 Å². The molecule has 0 aliphatic carbocycles. The van der Waals surface area contributed by atoms with Gasteiger partial charge in [-0.25, -0.2) is 0 Å². The molecular weight excluding hydrogens is 278 g/mol. The Morgan fingerprint density at radius 2 is 1.62 bits per heavy atom. The summed E-state index contributed by atoms with van der Waals surface area (Å²) in [6, 6.07) is 17.4. The largest absolute Gasteiger partial charge is 0.457 e. The van der Waals surface area contributed by atoms with Crippen molar-refractivity contribution in [2.75, 3.05) is 12.0 Å². The Hall–Kier alpha value is -1.45. The van der Waals surface area contributed by atoms with Gasteiger partial charge in [0.1, 0.15) is 11.5 Å². The van der Waals surface area contributed by atoms with Gasteiger partial charge in [-0.2, -0.15) is 11.8 Å². The van der Waals surface area contributed by atoms with Crippen molar-refractivity contribution in [1.29, 1.82) is 0 Å². The lowest BCUT2D eigenvalue weighted by molar-refractivity contribution is 0.409. The smallest absolute Gasteiger partial charge is 0.132 e. The Balaban J connectivity index is 1.98. The van der Waals surface area contributed by atoms with Crippen LogP contribution < -0.4 is 10.1 Å². The first-order valence-electron chi connectivity index (χ1n) is 7.44. The van der Waals surface area contributed by atoms with Gasteiger partial charge in [-0.05, 0) is 24.8 Å². The second kappa shape index (κ2) is 6.54. The summed E-state index contributed by atoms with van der Waals surface area (Å²) in [5.74, 6) is 3.05. The Morgan fingerprint density at radius 1 is 1.05 bits per heavy atom. The quantitative estimate of drug-likeness (QED) is 0.871. The summed E-state index contributed by atoms with van der Waals surface area (Å²) in [4.78, 5) is 0. The highest BCUT2D eigenvalue weighted by molar-refractivity contribution is 7.98. The number of benzene rings is 2. The van der Waals surface area contributed by atoms with Crippen molar-refractivity contribution >= 4 is 11.8 Å². The fourth-order valence-electron chi connectivity index (χ4n) is 2.81. The maximum absolute atomic E-state index is 6.04. The fourth-order valence-corrected chi connectivity index (χ4v) is 3.54. The van der Waals surface area contributed by atoms with E-state index < -0.39 is 0 Å². The molecule has 0 saturated heterocycles. The van der Waals surface area contributed by atoms with Gasteiger partial charge in [0.05, 0.1) is 6.04 Å². The molecule has 0 amide bonds. The van der Waals surface area contributed by atoms with Crippen LogP contribution in [0.5, 0.6) is 11.5 Å². The highest BCUT2D eigenvalue weighted by Crippen LogP contribution is 2.42. The topological polar surface area (TPSA) is 21.3 Å². The second-order valence-electron chi connectivity index (χ2n) is 5.34. The molecule has 0 radical (unpaired) electrons.